The molecule has 0 spiro atoms. The van der Waals surface area contributed by atoms with Gasteiger partial charge in [0.05, 0.1) is 11.9 Å². The Morgan fingerprint density at radius 2 is 1.59 bits per heavy atom. The van der Waals surface area contributed by atoms with E-state index >= 15 is 0 Å². The molecule has 0 heterocycles. The third-order valence-electron chi connectivity index (χ3n) is 5.72. The fourth-order valence-electron chi connectivity index (χ4n) is 3.90. The van der Waals surface area contributed by atoms with E-state index < -0.39 is 28.5 Å². The molecule has 3 rings (SSSR count). The van der Waals surface area contributed by atoms with Crippen molar-refractivity contribution >= 4 is 55.1 Å². The average molecular weight is 607 g/mol. The summed E-state index contributed by atoms with van der Waals surface area (Å²) in [6, 6.07) is 22.3. The third-order valence-corrected chi connectivity index (χ3v) is 7.89. The predicted octanol–water partition coefficient (Wildman–Crippen LogP) is 4.64. The van der Waals surface area contributed by atoms with Crippen LogP contribution in [0.1, 0.15) is 18.1 Å². The molecule has 1 atom stereocenters. The molecule has 0 aliphatic carbocycles. The standard InChI is InChI=1S/C27H29BrClN3O4S/c1-3-30-27(34)25(17-20-11-5-4-6-12-20)31(18-21-13-7-9-15-23(21)29)26(33)19-32(37(2,35)36)24-16-10-8-14-22(24)28/h4-16,25H,3,17-19H2,1-2H3,(H,30,34)/t25-/m1/s1. The van der Waals surface area contributed by atoms with E-state index in [0.717, 1.165) is 16.1 Å². The minimum absolute atomic E-state index is 0.0285. The van der Waals surface area contributed by atoms with Gasteiger partial charge >= 0.3 is 0 Å². The number of rotatable bonds is 11. The molecule has 0 aromatic heterocycles. The van der Waals surface area contributed by atoms with Crippen molar-refractivity contribution in [2.24, 2.45) is 0 Å². The van der Waals surface area contributed by atoms with Crippen LogP contribution in [0, 0.1) is 0 Å². The fourth-order valence-corrected chi connectivity index (χ4v) is 5.58. The molecule has 0 radical (unpaired) electrons. The molecule has 1 N–H and O–H groups in total. The van der Waals surface area contributed by atoms with Crippen molar-refractivity contribution in [1.29, 1.82) is 0 Å². The maximum absolute atomic E-state index is 13.9. The lowest BCUT2D eigenvalue weighted by atomic mass is 10.0. The van der Waals surface area contributed by atoms with Gasteiger partial charge in [-0.1, -0.05) is 72.3 Å². The van der Waals surface area contributed by atoms with Crippen LogP contribution < -0.4 is 9.62 Å². The first-order chi connectivity index (χ1) is 17.6. The summed E-state index contributed by atoms with van der Waals surface area (Å²) >= 11 is 9.81. The van der Waals surface area contributed by atoms with Gasteiger partial charge in [0.15, 0.2) is 0 Å². The highest BCUT2D eigenvalue weighted by Gasteiger charge is 2.33. The first-order valence-electron chi connectivity index (χ1n) is 11.7. The molecule has 0 bridgehead atoms. The van der Waals surface area contributed by atoms with E-state index in [2.05, 4.69) is 21.2 Å². The van der Waals surface area contributed by atoms with Gasteiger partial charge in [-0.15, -0.1) is 0 Å². The first kappa shape index (κ1) is 28.7. The van der Waals surface area contributed by atoms with E-state index in [-0.39, 0.29) is 18.9 Å². The lowest BCUT2D eigenvalue weighted by Crippen LogP contribution is -2.53. The Kier molecular flexibility index (Phi) is 10.1. The number of amides is 2. The van der Waals surface area contributed by atoms with Crippen LogP contribution in [0.15, 0.2) is 83.3 Å². The number of nitrogens with zero attached hydrogens (tertiary/aromatic N) is 2. The smallest absolute Gasteiger partial charge is 0.244 e. The minimum Gasteiger partial charge on any atom is -0.355 e. The summed E-state index contributed by atoms with van der Waals surface area (Å²) in [5.41, 5.74) is 1.84. The molecule has 0 saturated carbocycles. The predicted molar refractivity (Wildman–Crippen MR) is 151 cm³/mol. The van der Waals surface area contributed by atoms with E-state index in [0.29, 0.717) is 27.3 Å². The number of benzene rings is 3. The summed E-state index contributed by atoms with van der Waals surface area (Å²) in [7, 11) is -3.84. The van der Waals surface area contributed by atoms with Crippen LogP contribution in [-0.2, 0) is 32.6 Å². The van der Waals surface area contributed by atoms with Crippen LogP contribution in [0.2, 0.25) is 5.02 Å². The van der Waals surface area contributed by atoms with E-state index in [1.54, 1.807) is 55.5 Å². The van der Waals surface area contributed by atoms with Gasteiger partial charge in [0, 0.05) is 29.0 Å². The summed E-state index contributed by atoms with van der Waals surface area (Å²) in [4.78, 5) is 28.6. The molecule has 2 amide bonds. The number of carbonyl (C=O) groups excluding carboxylic acids is 2. The Bertz CT molecular complexity index is 1340. The van der Waals surface area contributed by atoms with Crippen molar-refractivity contribution < 1.29 is 18.0 Å². The van der Waals surface area contributed by atoms with E-state index in [4.69, 9.17) is 11.6 Å². The Balaban J connectivity index is 2.06. The van der Waals surface area contributed by atoms with E-state index in [1.165, 1.54) is 4.90 Å². The number of carbonyl (C=O) groups is 2. The van der Waals surface area contributed by atoms with Crippen molar-refractivity contribution in [3.05, 3.63) is 99.5 Å². The van der Waals surface area contributed by atoms with Gasteiger partial charge in [0.25, 0.3) is 0 Å². The monoisotopic (exact) mass is 605 g/mol. The minimum atomic E-state index is -3.84. The van der Waals surface area contributed by atoms with Crippen molar-refractivity contribution in [1.82, 2.24) is 10.2 Å². The molecule has 10 heteroatoms. The Labute approximate surface area is 231 Å². The highest BCUT2D eigenvalue weighted by molar-refractivity contribution is 9.10. The fraction of sp³-hybridized carbons (Fsp3) is 0.259. The molecule has 3 aromatic carbocycles. The molecule has 37 heavy (non-hydrogen) atoms. The van der Waals surface area contributed by atoms with E-state index in [1.807, 2.05) is 30.3 Å². The number of likely N-dealkylation sites (N-methyl/N-ethyl adjacent to an activating group) is 1. The normalized spacial score (nSPS) is 12.0. The van der Waals surface area contributed by atoms with Gasteiger partial charge in [-0.2, -0.15) is 0 Å². The third kappa shape index (κ3) is 7.80. The van der Waals surface area contributed by atoms with Crippen LogP contribution in [0.5, 0.6) is 0 Å². The summed E-state index contributed by atoms with van der Waals surface area (Å²) in [6.07, 6.45) is 1.29. The van der Waals surface area contributed by atoms with Gasteiger partial charge in [0.1, 0.15) is 12.6 Å². The van der Waals surface area contributed by atoms with Gasteiger partial charge in [-0.05, 0) is 52.2 Å². The highest BCUT2D eigenvalue weighted by Crippen LogP contribution is 2.28. The topological polar surface area (TPSA) is 86.8 Å². The molecule has 0 unspecified atom stereocenters. The second-order valence-electron chi connectivity index (χ2n) is 8.43. The van der Waals surface area contributed by atoms with Crippen molar-refractivity contribution in [2.75, 3.05) is 23.7 Å². The Morgan fingerprint density at radius 1 is 0.973 bits per heavy atom. The van der Waals surface area contributed by atoms with Crippen molar-refractivity contribution in [3.63, 3.8) is 0 Å². The number of hydrogen-bond acceptors (Lipinski definition) is 4. The molecular formula is C27H29BrClN3O4S. The molecule has 196 valence electrons. The van der Waals surface area contributed by atoms with Crippen LogP contribution >= 0.6 is 27.5 Å². The van der Waals surface area contributed by atoms with Gasteiger partial charge in [-0.3, -0.25) is 13.9 Å². The summed E-state index contributed by atoms with van der Waals surface area (Å²) in [6.45, 7) is 1.72. The number of para-hydroxylation sites is 1. The number of nitrogens with one attached hydrogen (secondary N) is 1. The largest absolute Gasteiger partial charge is 0.355 e. The number of sulfonamides is 1. The molecule has 0 fully saturated rings. The second-order valence-corrected chi connectivity index (χ2v) is 11.6. The van der Waals surface area contributed by atoms with Crippen molar-refractivity contribution in [2.45, 2.75) is 25.9 Å². The lowest BCUT2D eigenvalue weighted by Gasteiger charge is -2.33. The van der Waals surface area contributed by atoms with Crippen molar-refractivity contribution in [3.8, 4) is 0 Å². The summed E-state index contributed by atoms with van der Waals surface area (Å²) < 4.78 is 27.1. The van der Waals surface area contributed by atoms with E-state index in [9.17, 15) is 18.0 Å². The van der Waals surface area contributed by atoms with Gasteiger partial charge in [0.2, 0.25) is 21.8 Å². The molecule has 3 aromatic rings. The Hall–Kier alpha value is -2.88. The molecule has 0 saturated heterocycles. The zero-order chi connectivity index (χ0) is 27.0. The molecular weight excluding hydrogens is 578 g/mol. The molecule has 0 aliphatic rings. The van der Waals surface area contributed by atoms with Gasteiger partial charge in [-0.25, -0.2) is 8.42 Å². The summed E-state index contributed by atoms with van der Waals surface area (Å²) in [5, 5.41) is 3.27. The van der Waals surface area contributed by atoms with Gasteiger partial charge < -0.3 is 10.2 Å². The van der Waals surface area contributed by atoms with Crippen LogP contribution in [-0.4, -0.2) is 50.5 Å². The first-order valence-corrected chi connectivity index (χ1v) is 14.7. The SMILES string of the molecule is CCNC(=O)[C@@H](Cc1ccccc1)N(Cc1ccccc1Cl)C(=O)CN(c1ccccc1Br)S(C)(=O)=O. The molecule has 0 aliphatic heterocycles. The maximum atomic E-state index is 13.9. The number of halogens is 2. The zero-order valence-electron chi connectivity index (χ0n) is 20.6. The quantitative estimate of drug-likeness (QED) is 0.345. The number of hydrogen-bond donors (Lipinski definition) is 1. The molecule has 7 nitrogen and oxygen atoms in total. The maximum Gasteiger partial charge on any atom is 0.244 e. The zero-order valence-corrected chi connectivity index (χ0v) is 23.8. The highest BCUT2D eigenvalue weighted by atomic mass is 79.9. The number of anilines is 1. The average Bonchev–Trinajstić information content (AvgIpc) is 2.86. The second kappa shape index (κ2) is 13.1. The van der Waals surface area contributed by atoms with Crippen LogP contribution in [0.3, 0.4) is 0 Å². The summed E-state index contributed by atoms with van der Waals surface area (Å²) in [5.74, 6) is -0.869. The lowest BCUT2D eigenvalue weighted by molar-refractivity contribution is -0.140. The Morgan fingerprint density at radius 3 is 2.22 bits per heavy atom. The van der Waals surface area contributed by atoms with Crippen LogP contribution in [0.4, 0.5) is 5.69 Å². The van der Waals surface area contributed by atoms with Crippen LogP contribution in [0.25, 0.3) is 0 Å².